The Bertz CT molecular complexity index is 1050. The van der Waals surface area contributed by atoms with Gasteiger partial charge in [0, 0.05) is 10.4 Å². The average molecular weight is 370 g/mol. The Morgan fingerprint density at radius 1 is 1.27 bits per heavy atom. The molecule has 0 atom stereocenters. The Hall–Kier alpha value is -2.47. The van der Waals surface area contributed by atoms with E-state index in [0.717, 1.165) is 27.1 Å². The van der Waals surface area contributed by atoms with Gasteiger partial charge in [0.25, 0.3) is 5.56 Å². The molecule has 6 heteroatoms. The van der Waals surface area contributed by atoms with Gasteiger partial charge in [-0.2, -0.15) is 0 Å². The van der Waals surface area contributed by atoms with Crippen LogP contribution >= 0.6 is 11.3 Å². The molecule has 0 spiro atoms. The van der Waals surface area contributed by atoms with Crippen LogP contribution in [0.25, 0.3) is 21.3 Å². The van der Waals surface area contributed by atoms with Crippen molar-refractivity contribution in [2.45, 2.75) is 47.3 Å². The summed E-state index contributed by atoms with van der Waals surface area (Å²) in [5.74, 6) is -0.441. The predicted molar refractivity (Wildman–Crippen MR) is 105 cm³/mol. The second-order valence-electron chi connectivity index (χ2n) is 6.75. The van der Waals surface area contributed by atoms with E-state index in [1.165, 1.54) is 22.2 Å². The van der Waals surface area contributed by atoms with Gasteiger partial charge < -0.3 is 4.74 Å². The molecule has 26 heavy (non-hydrogen) atoms. The lowest BCUT2D eigenvalue weighted by molar-refractivity contribution is -0.148. The minimum absolute atomic E-state index is 0.138. The Morgan fingerprint density at radius 2 is 2.00 bits per heavy atom. The highest BCUT2D eigenvalue weighted by Gasteiger charge is 2.19. The fraction of sp³-hybridized carbons (Fsp3) is 0.350. The van der Waals surface area contributed by atoms with Crippen molar-refractivity contribution < 1.29 is 9.53 Å². The molecule has 0 unspecified atom stereocenters. The van der Waals surface area contributed by atoms with Crippen LogP contribution in [0.3, 0.4) is 0 Å². The minimum atomic E-state index is -0.441. The smallest absolute Gasteiger partial charge is 0.326 e. The lowest BCUT2D eigenvalue weighted by Crippen LogP contribution is -2.26. The summed E-state index contributed by atoms with van der Waals surface area (Å²) in [6.07, 6.45) is 1.21. The van der Waals surface area contributed by atoms with Crippen LogP contribution in [0.1, 0.15) is 29.9 Å². The van der Waals surface area contributed by atoms with Gasteiger partial charge in [0.2, 0.25) is 0 Å². The summed E-state index contributed by atoms with van der Waals surface area (Å²) in [5.41, 5.74) is 3.97. The van der Waals surface area contributed by atoms with Crippen LogP contribution in [0.5, 0.6) is 0 Å². The van der Waals surface area contributed by atoms with Gasteiger partial charge >= 0.3 is 5.97 Å². The summed E-state index contributed by atoms with van der Waals surface area (Å²) in [7, 11) is 0. The summed E-state index contributed by atoms with van der Waals surface area (Å²) in [6, 6.07) is 6.21. The molecule has 3 rings (SSSR count). The summed E-state index contributed by atoms with van der Waals surface area (Å²) in [4.78, 5) is 31.2. The normalized spacial score (nSPS) is 11.3. The molecule has 5 nitrogen and oxygen atoms in total. The van der Waals surface area contributed by atoms with Crippen LogP contribution in [-0.2, 0) is 16.1 Å². The molecule has 0 aliphatic carbocycles. The molecule has 0 saturated heterocycles. The van der Waals surface area contributed by atoms with Crippen LogP contribution in [0.2, 0.25) is 0 Å². The first-order valence-corrected chi connectivity index (χ1v) is 9.35. The number of carbonyl (C=O) groups excluding carboxylic acids is 1. The summed E-state index contributed by atoms with van der Waals surface area (Å²) in [5, 5.41) is 0.570. The number of benzene rings is 1. The monoisotopic (exact) mass is 370 g/mol. The molecule has 3 aromatic rings. The van der Waals surface area contributed by atoms with Crippen LogP contribution in [0.4, 0.5) is 0 Å². The standard InChI is InChI=1S/C20H22N2O3S/c1-11(2)25-16(23)9-22-10-21-19-18(20(22)24)17(14(5)26-19)15-8-12(3)6-7-13(15)4/h6-8,10-11H,9H2,1-5H3. The highest BCUT2D eigenvalue weighted by Crippen LogP contribution is 2.37. The lowest BCUT2D eigenvalue weighted by Gasteiger charge is -2.10. The molecule has 0 N–H and O–H groups in total. The number of rotatable bonds is 4. The highest BCUT2D eigenvalue weighted by molar-refractivity contribution is 7.19. The van der Waals surface area contributed by atoms with Crippen molar-refractivity contribution in [3.8, 4) is 11.1 Å². The van der Waals surface area contributed by atoms with E-state index < -0.39 is 5.97 Å². The first-order valence-electron chi connectivity index (χ1n) is 8.53. The van der Waals surface area contributed by atoms with Crippen molar-refractivity contribution in [1.29, 1.82) is 0 Å². The van der Waals surface area contributed by atoms with E-state index in [4.69, 9.17) is 4.74 Å². The quantitative estimate of drug-likeness (QED) is 0.651. The number of nitrogens with zero attached hydrogens (tertiary/aromatic N) is 2. The third-order valence-corrected chi connectivity index (χ3v) is 5.20. The lowest BCUT2D eigenvalue weighted by atomic mass is 9.97. The van der Waals surface area contributed by atoms with Gasteiger partial charge in [-0.15, -0.1) is 11.3 Å². The maximum absolute atomic E-state index is 13.1. The minimum Gasteiger partial charge on any atom is -0.462 e. The highest BCUT2D eigenvalue weighted by atomic mass is 32.1. The zero-order valence-corrected chi connectivity index (χ0v) is 16.4. The Kier molecular flexibility index (Phi) is 4.96. The first kappa shape index (κ1) is 18.3. The second kappa shape index (κ2) is 7.03. The SMILES string of the molecule is Cc1ccc(C)c(-c2c(C)sc3ncn(CC(=O)OC(C)C)c(=O)c23)c1. The van der Waals surface area contributed by atoms with E-state index in [0.29, 0.717) is 10.2 Å². The van der Waals surface area contributed by atoms with Crippen molar-refractivity contribution >= 4 is 27.5 Å². The Labute approximate surface area is 156 Å². The van der Waals surface area contributed by atoms with Gasteiger partial charge in [-0.1, -0.05) is 23.8 Å². The van der Waals surface area contributed by atoms with Crippen LogP contribution in [0, 0.1) is 20.8 Å². The molecule has 0 aliphatic heterocycles. The number of aromatic nitrogens is 2. The van der Waals surface area contributed by atoms with Gasteiger partial charge in [0.05, 0.1) is 17.8 Å². The van der Waals surface area contributed by atoms with Crippen molar-refractivity contribution in [3.05, 3.63) is 50.9 Å². The van der Waals surface area contributed by atoms with Gasteiger partial charge in [-0.3, -0.25) is 14.2 Å². The van der Waals surface area contributed by atoms with Crippen LogP contribution in [-0.4, -0.2) is 21.6 Å². The summed E-state index contributed by atoms with van der Waals surface area (Å²) in [6.45, 7) is 9.49. The average Bonchev–Trinajstić information content (AvgIpc) is 2.88. The molecular weight excluding hydrogens is 348 g/mol. The molecule has 0 saturated carbocycles. The summed E-state index contributed by atoms with van der Waals surface area (Å²) >= 11 is 1.50. The third kappa shape index (κ3) is 3.42. The summed E-state index contributed by atoms with van der Waals surface area (Å²) < 4.78 is 6.48. The van der Waals surface area contributed by atoms with Crippen molar-refractivity contribution in [2.24, 2.45) is 0 Å². The van der Waals surface area contributed by atoms with Crippen molar-refractivity contribution in [2.75, 3.05) is 0 Å². The first-order chi connectivity index (χ1) is 12.3. The Balaban J connectivity index is 2.18. The van der Waals surface area contributed by atoms with E-state index in [1.54, 1.807) is 13.8 Å². The van der Waals surface area contributed by atoms with Crippen LogP contribution < -0.4 is 5.56 Å². The molecule has 2 aromatic heterocycles. The number of ether oxygens (including phenoxy) is 1. The molecule has 0 radical (unpaired) electrons. The van der Waals surface area contributed by atoms with Crippen LogP contribution in [0.15, 0.2) is 29.3 Å². The predicted octanol–water partition coefficient (Wildman–Crippen LogP) is 4.00. The molecular formula is C20H22N2O3S. The molecule has 2 heterocycles. The number of esters is 1. The fourth-order valence-corrected chi connectivity index (χ4v) is 4.01. The van der Waals surface area contributed by atoms with E-state index in [-0.39, 0.29) is 18.2 Å². The number of carbonyl (C=O) groups is 1. The van der Waals surface area contributed by atoms with E-state index >= 15 is 0 Å². The third-order valence-electron chi connectivity index (χ3n) is 4.18. The van der Waals surface area contributed by atoms with Crippen molar-refractivity contribution in [3.63, 3.8) is 0 Å². The molecule has 1 aromatic carbocycles. The van der Waals surface area contributed by atoms with Gasteiger partial charge in [0.15, 0.2) is 0 Å². The molecule has 0 aliphatic rings. The largest absolute Gasteiger partial charge is 0.462 e. The van der Waals surface area contributed by atoms with Gasteiger partial charge in [-0.05, 0) is 45.7 Å². The van der Waals surface area contributed by atoms with Crippen molar-refractivity contribution in [1.82, 2.24) is 9.55 Å². The number of hydrogen-bond acceptors (Lipinski definition) is 5. The second-order valence-corrected chi connectivity index (χ2v) is 7.95. The fourth-order valence-electron chi connectivity index (χ4n) is 3.02. The zero-order chi connectivity index (χ0) is 19.0. The molecule has 0 bridgehead atoms. The zero-order valence-electron chi connectivity index (χ0n) is 15.6. The number of fused-ring (bicyclic) bond motifs is 1. The van der Waals surface area contributed by atoms with Gasteiger partial charge in [-0.25, -0.2) is 4.98 Å². The number of aryl methyl sites for hydroxylation is 3. The topological polar surface area (TPSA) is 61.2 Å². The van der Waals surface area contributed by atoms with E-state index in [9.17, 15) is 9.59 Å². The van der Waals surface area contributed by atoms with E-state index in [1.807, 2.05) is 20.8 Å². The molecule has 0 amide bonds. The molecule has 136 valence electrons. The maximum Gasteiger partial charge on any atom is 0.326 e. The Morgan fingerprint density at radius 3 is 2.69 bits per heavy atom. The number of hydrogen-bond donors (Lipinski definition) is 0. The van der Waals surface area contributed by atoms with Gasteiger partial charge in [0.1, 0.15) is 11.4 Å². The maximum atomic E-state index is 13.1. The van der Waals surface area contributed by atoms with E-state index in [2.05, 4.69) is 23.2 Å². The molecule has 0 fully saturated rings. The number of thiophene rings is 1.